The Balaban J connectivity index is 1.48. The number of rotatable bonds is 6. The Hall–Kier alpha value is -1.55. The van der Waals surface area contributed by atoms with E-state index in [0.29, 0.717) is 6.04 Å². The number of hydrogen-bond donors (Lipinski definition) is 0. The average molecular weight is 316 g/mol. The summed E-state index contributed by atoms with van der Waals surface area (Å²) in [5, 5.41) is 0. The summed E-state index contributed by atoms with van der Waals surface area (Å²) in [4.78, 5) is 16.5. The van der Waals surface area contributed by atoms with E-state index < -0.39 is 0 Å². The highest BCUT2D eigenvalue weighted by Crippen LogP contribution is 2.33. The molecule has 1 saturated heterocycles. The van der Waals surface area contributed by atoms with Crippen molar-refractivity contribution in [1.82, 2.24) is 4.90 Å². The van der Waals surface area contributed by atoms with Crippen LogP contribution < -0.4 is 9.64 Å². The lowest BCUT2D eigenvalue weighted by Gasteiger charge is -2.26. The van der Waals surface area contributed by atoms with Crippen molar-refractivity contribution < 1.29 is 9.53 Å². The fraction of sp³-hybridized carbons (Fsp3) is 0.632. The Kier molecular flexibility index (Phi) is 4.37. The molecule has 2 aliphatic rings. The van der Waals surface area contributed by atoms with Gasteiger partial charge in [-0.2, -0.15) is 0 Å². The van der Waals surface area contributed by atoms with Crippen LogP contribution in [-0.2, 0) is 4.79 Å². The number of carbonyl (C=O) groups is 1. The van der Waals surface area contributed by atoms with Crippen molar-refractivity contribution in [2.45, 2.75) is 39.7 Å². The van der Waals surface area contributed by atoms with Crippen molar-refractivity contribution in [1.29, 1.82) is 0 Å². The first-order valence-electron chi connectivity index (χ1n) is 8.59. The van der Waals surface area contributed by atoms with Crippen molar-refractivity contribution >= 4 is 11.6 Å². The fourth-order valence-corrected chi connectivity index (χ4v) is 2.82. The molecule has 4 nitrogen and oxygen atoms in total. The first-order chi connectivity index (χ1) is 10.8. The maximum absolute atomic E-state index is 12.3. The summed E-state index contributed by atoms with van der Waals surface area (Å²) in [5.74, 6) is 1.94. The zero-order valence-electron chi connectivity index (χ0n) is 14.7. The maximum Gasteiger partial charge on any atom is 0.232 e. The molecule has 0 aromatic heterocycles. The van der Waals surface area contributed by atoms with E-state index in [4.69, 9.17) is 4.74 Å². The molecule has 1 heterocycles. The van der Waals surface area contributed by atoms with Gasteiger partial charge in [0.05, 0.1) is 6.04 Å². The lowest BCUT2D eigenvalue weighted by Crippen LogP contribution is -2.36. The average Bonchev–Trinajstić information content (AvgIpc) is 3.42. The van der Waals surface area contributed by atoms with E-state index in [-0.39, 0.29) is 11.3 Å². The van der Waals surface area contributed by atoms with Gasteiger partial charge < -0.3 is 9.64 Å². The first-order valence-corrected chi connectivity index (χ1v) is 8.59. The molecule has 0 bridgehead atoms. The van der Waals surface area contributed by atoms with Crippen LogP contribution in [0.1, 0.15) is 33.6 Å². The standard InChI is InChI=1S/C19H28N2O2/c1-19(2,3)18(22)20(4)15-7-9-17(10-8-15)23-13-16-12-21(16)11-14-5-6-14/h7-10,14,16H,5-6,11-13H2,1-4H3. The topological polar surface area (TPSA) is 32.6 Å². The minimum Gasteiger partial charge on any atom is -0.492 e. The summed E-state index contributed by atoms with van der Waals surface area (Å²) >= 11 is 0. The van der Waals surface area contributed by atoms with E-state index in [1.54, 1.807) is 4.90 Å². The van der Waals surface area contributed by atoms with Crippen LogP contribution in [-0.4, -0.2) is 43.6 Å². The van der Waals surface area contributed by atoms with Gasteiger partial charge in [-0.15, -0.1) is 0 Å². The molecule has 2 fully saturated rings. The Bertz CT molecular complexity index is 558. The molecule has 1 aromatic carbocycles. The van der Waals surface area contributed by atoms with Gasteiger partial charge in [0.2, 0.25) is 5.91 Å². The van der Waals surface area contributed by atoms with Crippen molar-refractivity contribution in [3.05, 3.63) is 24.3 Å². The zero-order valence-corrected chi connectivity index (χ0v) is 14.7. The van der Waals surface area contributed by atoms with Crippen LogP contribution in [0.15, 0.2) is 24.3 Å². The summed E-state index contributed by atoms with van der Waals surface area (Å²) in [6.07, 6.45) is 2.82. The smallest absolute Gasteiger partial charge is 0.232 e. The molecular formula is C19H28N2O2. The largest absolute Gasteiger partial charge is 0.492 e. The van der Waals surface area contributed by atoms with Crippen molar-refractivity contribution in [2.75, 3.05) is 31.6 Å². The summed E-state index contributed by atoms with van der Waals surface area (Å²) in [5.41, 5.74) is 0.528. The number of ether oxygens (including phenoxy) is 1. The maximum atomic E-state index is 12.3. The Labute approximate surface area is 139 Å². The van der Waals surface area contributed by atoms with Crippen molar-refractivity contribution in [3.8, 4) is 5.75 Å². The molecule has 1 aliphatic carbocycles. The molecule has 0 N–H and O–H groups in total. The summed E-state index contributed by atoms with van der Waals surface area (Å²) < 4.78 is 5.88. The second kappa shape index (κ2) is 6.16. The first kappa shape index (κ1) is 16.3. The van der Waals surface area contributed by atoms with Crippen LogP contribution in [0.2, 0.25) is 0 Å². The normalized spacial score (nSPS) is 23.5. The molecule has 1 amide bonds. The van der Waals surface area contributed by atoms with E-state index in [2.05, 4.69) is 4.90 Å². The second-order valence-corrected chi connectivity index (χ2v) is 7.97. The molecular weight excluding hydrogens is 288 g/mol. The summed E-state index contributed by atoms with van der Waals surface area (Å²) in [6.45, 7) is 9.01. The van der Waals surface area contributed by atoms with Gasteiger partial charge in [0.15, 0.2) is 0 Å². The Morgan fingerprint density at radius 2 is 1.91 bits per heavy atom. The van der Waals surface area contributed by atoms with E-state index in [1.807, 2.05) is 52.1 Å². The van der Waals surface area contributed by atoms with Crippen molar-refractivity contribution in [3.63, 3.8) is 0 Å². The highest BCUT2D eigenvalue weighted by molar-refractivity contribution is 5.96. The zero-order chi connectivity index (χ0) is 16.6. The van der Waals surface area contributed by atoms with Gasteiger partial charge in [-0.1, -0.05) is 20.8 Å². The summed E-state index contributed by atoms with van der Waals surface area (Å²) in [6, 6.07) is 8.41. The number of benzene rings is 1. The molecule has 23 heavy (non-hydrogen) atoms. The quantitative estimate of drug-likeness (QED) is 0.756. The molecule has 2 atom stereocenters. The Morgan fingerprint density at radius 3 is 2.48 bits per heavy atom. The van der Waals surface area contributed by atoms with E-state index in [9.17, 15) is 4.79 Å². The van der Waals surface area contributed by atoms with Gasteiger partial charge in [-0.05, 0) is 43.0 Å². The summed E-state index contributed by atoms with van der Waals surface area (Å²) in [7, 11) is 1.82. The predicted molar refractivity (Wildman–Crippen MR) is 92.9 cm³/mol. The molecule has 4 heteroatoms. The van der Waals surface area contributed by atoms with Crippen LogP contribution in [0.25, 0.3) is 0 Å². The van der Waals surface area contributed by atoms with Gasteiger partial charge in [-0.25, -0.2) is 0 Å². The van der Waals surface area contributed by atoms with Crippen LogP contribution in [0.5, 0.6) is 5.75 Å². The highest BCUT2D eigenvalue weighted by atomic mass is 16.5. The van der Waals surface area contributed by atoms with Gasteiger partial charge in [0.1, 0.15) is 12.4 Å². The molecule has 126 valence electrons. The van der Waals surface area contributed by atoms with Crippen LogP contribution in [0.3, 0.4) is 0 Å². The molecule has 1 aromatic rings. The molecule has 3 rings (SSSR count). The number of hydrogen-bond acceptors (Lipinski definition) is 3. The van der Waals surface area contributed by atoms with E-state index in [1.165, 1.54) is 25.9 Å². The van der Waals surface area contributed by atoms with Gasteiger partial charge in [-0.3, -0.25) is 9.69 Å². The Morgan fingerprint density at radius 1 is 1.26 bits per heavy atom. The molecule has 0 spiro atoms. The lowest BCUT2D eigenvalue weighted by atomic mass is 9.95. The SMILES string of the molecule is CN(C(=O)C(C)(C)C)c1ccc(OCC2CN2CC2CC2)cc1. The van der Waals surface area contributed by atoms with Crippen LogP contribution in [0.4, 0.5) is 5.69 Å². The minimum absolute atomic E-state index is 0.111. The van der Waals surface area contributed by atoms with Gasteiger partial charge >= 0.3 is 0 Å². The van der Waals surface area contributed by atoms with Crippen LogP contribution >= 0.6 is 0 Å². The van der Waals surface area contributed by atoms with Gasteiger partial charge in [0, 0.05) is 31.2 Å². The molecule has 0 radical (unpaired) electrons. The molecule has 2 unspecified atom stereocenters. The molecule has 1 aliphatic heterocycles. The van der Waals surface area contributed by atoms with Crippen molar-refractivity contribution in [2.24, 2.45) is 11.3 Å². The highest BCUT2D eigenvalue weighted by Gasteiger charge is 2.38. The second-order valence-electron chi connectivity index (χ2n) is 7.97. The third-order valence-corrected chi connectivity index (χ3v) is 4.63. The molecule has 1 saturated carbocycles. The number of amides is 1. The monoisotopic (exact) mass is 316 g/mol. The van der Waals surface area contributed by atoms with Crippen LogP contribution in [0, 0.1) is 11.3 Å². The van der Waals surface area contributed by atoms with E-state index >= 15 is 0 Å². The lowest BCUT2D eigenvalue weighted by molar-refractivity contribution is -0.125. The third kappa shape index (κ3) is 4.25. The third-order valence-electron chi connectivity index (χ3n) is 4.63. The number of nitrogens with zero attached hydrogens (tertiary/aromatic N) is 2. The van der Waals surface area contributed by atoms with E-state index in [0.717, 1.165) is 24.0 Å². The number of anilines is 1. The predicted octanol–water partition coefficient (Wildman–Crippen LogP) is 3.17. The minimum atomic E-state index is -0.374. The van der Waals surface area contributed by atoms with Gasteiger partial charge in [0.25, 0.3) is 0 Å². The number of carbonyl (C=O) groups excluding carboxylic acids is 1. The fourth-order valence-electron chi connectivity index (χ4n) is 2.82.